The summed E-state index contributed by atoms with van der Waals surface area (Å²) in [4.78, 5) is 26.0. The lowest BCUT2D eigenvalue weighted by molar-refractivity contribution is 0.00578. The molecule has 1 saturated heterocycles. The van der Waals surface area contributed by atoms with Gasteiger partial charge in [-0.3, -0.25) is 9.59 Å². The molecule has 3 aliphatic rings. The van der Waals surface area contributed by atoms with Crippen molar-refractivity contribution in [3.8, 4) is 0 Å². The molecular formula is C24H31BO4S2. The van der Waals surface area contributed by atoms with Crippen LogP contribution in [0.1, 0.15) is 95.0 Å². The van der Waals surface area contributed by atoms with E-state index in [0.29, 0.717) is 12.2 Å². The first kappa shape index (κ1) is 22.9. The van der Waals surface area contributed by atoms with E-state index in [-0.39, 0.29) is 24.1 Å². The van der Waals surface area contributed by atoms with Gasteiger partial charge in [0.1, 0.15) is 0 Å². The molecule has 2 aromatic rings. The summed E-state index contributed by atoms with van der Waals surface area (Å²) in [5.74, 6) is 0.632. The maximum atomic E-state index is 12.1. The summed E-state index contributed by atoms with van der Waals surface area (Å²) in [7, 11) is -0.344. The number of ketones is 2. The fourth-order valence-electron chi connectivity index (χ4n) is 4.43. The van der Waals surface area contributed by atoms with Crippen LogP contribution in [0.5, 0.6) is 0 Å². The van der Waals surface area contributed by atoms with Crippen LogP contribution in [-0.2, 0) is 22.2 Å². The minimum atomic E-state index is -0.344. The van der Waals surface area contributed by atoms with E-state index in [0.717, 1.165) is 53.6 Å². The van der Waals surface area contributed by atoms with Crippen molar-refractivity contribution < 1.29 is 18.9 Å². The fourth-order valence-corrected chi connectivity index (χ4v) is 6.85. The van der Waals surface area contributed by atoms with Crippen LogP contribution in [0.3, 0.4) is 0 Å². The first-order chi connectivity index (χ1) is 14.5. The van der Waals surface area contributed by atoms with Crippen molar-refractivity contribution in [2.24, 2.45) is 0 Å². The third-order valence-electron chi connectivity index (χ3n) is 6.95. The molecule has 0 spiro atoms. The molecule has 0 aromatic carbocycles. The lowest BCUT2D eigenvalue weighted by atomic mass is 9.82. The number of rotatable bonds is 1. The second-order valence-electron chi connectivity index (χ2n) is 9.75. The molecule has 0 atom stereocenters. The number of thiophene rings is 2. The lowest BCUT2D eigenvalue weighted by Gasteiger charge is -2.32. The van der Waals surface area contributed by atoms with Crippen LogP contribution < -0.4 is 4.78 Å². The molecule has 0 bridgehead atoms. The van der Waals surface area contributed by atoms with Gasteiger partial charge in [0.05, 0.1) is 11.2 Å². The molecule has 31 heavy (non-hydrogen) atoms. The maximum absolute atomic E-state index is 12.1. The molecule has 0 unspecified atom stereocenters. The number of carbonyl (C=O) groups excluding carboxylic acids is 2. The molecule has 3 heterocycles. The number of hydrogen-bond acceptors (Lipinski definition) is 6. The van der Waals surface area contributed by atoms with Gasteiger partial charge in [0.25, 0.3) is 0 Å². The highest BCUT2D eigenvalue weighted by Gasteiger charge is 2.53. The summed E-state index contributed by atoms with van der Waals surface area (Å²) in [5.41, 5.74) is 3.53. The first-order valence-electron chi connectivity index (χ1n) is 11.1. The average Bonchev–Trinajstić information content (AvgIpc) is 3.29. The number of aryl methyl sites for hydroxylation is 3. The summed E-state index contributed by atoms with van der Waals surface area (Å²) < 4.78 is 13.3. The highest BCUT2D eigenvalue weighted by atomic mass is 32.1. The molecule has 0 amide bonds. The number of fused-ring (bicyclic) bond motifs is 2. The van der Waals surface area contributed by atoms with Gasteiger partial charge in [-0.25, -0.2) is 0 Å². The average molecular weight is 458 g/mol. The van der Waals surface area contributed by atoms with E-state index >= 15 is 0 Å². The minimum Gasteiger partial charge on any atom is -0.399 e. The highest BCUT2D eigenvalue weighted by molar-refractivity contribution is 7.23. The van der Waals surface area contributed by atoms with Crippen LogP contribution in [0.2, 0.25) is 0 Å². The standard InChI is InChI=1S/C15H21BO3S.C9H10OS/c1-9-12-10(17)7-6-8-11(12)20-13(9)16-18-14(2,3)15(4,5)19-16;1-6-5-11-8-4-2-3-7(10)9(6)8/h6-8H2,1-5H3;5H,2-4H2,1H3. The van der Waals surface area contributed by atoms with E-state index < -0.39 is 0 Å². The van der Waals surface area contributed by atoms with E-state index in [2.05, 4.69) is 33.1 Å². The smallest absolute Gasteiger partial charge is 0.399 e. The highest BCUT2D eigenvalue weighted by Crippen LogP contribution is 2.38. The van der Waals surface area contributed by atoms with Gasteiger partial charge in [0.2, 0.25) is 0 Å². The minimum absolute atomic E-state index is 0.280. The second kappa shape index (κ2) is 8.25. The Balaban J connectivity index is 0.000000177. The van der Waals surface area contributed by atoms with Crippen LogP contribution in [0.4, 0.5) is 0 Å². The van der Waals surface area contributed by atoms with Crippen molar-refractivity contribution >= 4 is 46.1 Å². The van der Waals surface area contributed by atoms with Crippen molar-refractivity contribution in [3.05, 3.63) is 37.4 Å². The zero-order chi connectivity index (χ0) is 22.6. The molecule has 4 nitrogen and oxygen atoms in total. The third kappa shape index (κ3) is 4.10. The molecule has 0 saturated carbocycles. The van der Waals surface area contributed by atoms with Gasteiger partial charge in [-0.15, -0.1) is 22.7 Å². The number of Topliss-reactive ketones (excluding diaryl/α,β-unsaturated/α-hetero) is 2. The van der Waals surface area contributed by atoms with Gasteiger partial charge in [-0.2, -0.15) is 0 Å². The molecule has 0 radical (unpaired) electrons. The van der Waals surface area contributed by atoms with Crippen molar-refractivity contribution in [1.29, 1.82) is 0 Å². The Morgan fingerprint density at radius 1 is 0.839 bits per heavy atom. The van der Waals surface area contributed by atoms with Crippen molar-refractivity contribution in [3.63, 3.8) is 0 Å². The van der Waals surface area contributed by atoms with Gasteiger partial charge in [0.15, 0.2) is 11.6 Å². The topological polar surface area (TPSA) is 52.6 Å². The Kier molecular flexibility index (Phi) is 6.10. The summed E-state index contributed by atoms with van der Waals surface area (Å²) in [6, 6.07) is 0. The third-order valence-corrected chi connectivity index (χ3v) is 9.49. The van der Waals surface area contributed by atoms with Gasteiger partial charge < -0.3 is 9.31 Å². The van der Waals surface area contributed by atoms with Crippen LogP contribution in [0.25, 0.3) is 0 Å². The molecule has 5 rings (SSSR count). The van der Waals surface area contributed by atoms with E-state index in [4.69, 9.17) is 9.31 Å². The Hall–Kier alpha value is -1.28. The number of hydrogen-bond donors (Lipinski definition) is 0. The first-order valence-corrected chi connectivity index (χ1v) is 12.8. The normalized spacial score (nSPS) is 21.4. The molecule has 0 N–H and O–H groups in total. The van der Waals surface area contributed by atoms with Gasteiger partial charge in [0, 0.05) is 38.5 Å². The predicted molar refractivity (Wildman–Crippen MR) is 128 cm³/mol. The molecule has 1 aliphatic heterocycles. The molecule has 2 aromatic heterocycles. The predicted octanol–water partition coefficient (Wildman–Crippen LogP) is 5.45. The zero-order valence-corrected chi connectivity index (χ0v) is 21.0. The Labute approximate surface area is 193 Å². The molecular weight excluding hydrogens is 427 g/mol. The van der Waals surface area contributed by atoms with Crippen LogP contribution in [0.15, 0.2) is 5.38 Å². The van der Waals surface area contributed by atoms with Crippen molar-refractivity contribution in [2.75, 3.05) is 0 Å². The summed E-state index contributed by atoms with van der Waals surface area (Å²) in [6.45, 7) is 12.3. The van der Waals surface area contributed by atoms with Crippen LogP contribution in [0, 0.1) is 13.8 Å². The van der Waals surface area contributed by atoms with Crippen LogP contribution >= 0.6 is 22.7 Å². The molecule has 1 fully saturated rings. The van der Waals surface area contributed by atoms with E-state index in [1.165, 1.54) is 15.3 Å². The molecule has 2 aliphatic carbocycles. The summed E-state index contributed by atoms with van der Waals surface area (Å²) >= 11 is 3.43. The summed E-state index contributed by atoms with van der Waals surface area (Å²) in [5, 5.41) is 2.09. The van der Waals surface area contributed by atoms with Gasteiger partial charge >= 0.3 is 7.12 Å². The Morgan fingerprint density at radius 2 is 1.39 bits per heavy atom. The quantitative estimate of drug-likeness (QED) is 0.534. The van der Waals surface area contributed by atoms with E-state index in [9.17, 15) is 9.59 Å². The SMILES string of the molecule is Cc1c(B2OC(C)(C)C(C)(C)O2)sc2c1C(=O)CCC2.Cc1csc2c1C(=O)CCC2. The molecule has 166 valence electrons. The zero-order valence-electron chi connectivity index (χ0n) is 19.3. The van der Waals surface area contributed by atoms with Crippen molar-refractivity contribution in [2.45, 2.75) is 91.3 Å². The lowest BCUT2D eigenvalue weighted by Crippen LogP contribution is -2.41. The monoisotopic (exact) mass is 458 g/mol. The van der Waals surface area contributed by atoms with Crippen molar-refractivity contribution in [1.82, 2.24) is 0 Å². The number of carbonyl (C=O) groups is 2. The maximum Gasteiger partial charge on any atom is 0.505 e. The van der Waals surface area contributed by atoms with Crippen LogP contribution in [-0.4, -0.2) is 29.9 Å². The summed E-state index contributed by atoms with van der Waals surface area (Å²) in [6.07, 6.45) is 5.56. The largest absolute Gasteiger partial charge is 0.505 e. The Bertz CT molecular complexity index is 1010. The molecule has 7 heteroatoms. The van der Waals surface area contributed by atoms with E-state index in [1.54, 1.807) is 22.7 Å². The Morgan fingerprint density at radius 3 is 1.94 bits per heavy atom. The van der Waals surface area contributed by atoms with Gasteiger partial charge in [-0.05, 0) is 83.7 Å². The van der Waals surface area contributed by atoms with Gasteiger partial charge in [-0.1, -0.05) is 0 Å². The fraction of sp³-hybridized carbons (Fsp3) is 0.583. The van der Waals surface area contributed by atoms with E-state index in [1.807, 2.05) is 13.8 Å². The second-order valence-corrected chi connectivity index (χ2v) is 11.8.